The lowest BCUT2D eigenvalue weighted by Gasteiger charge is -2.35. The first-order valence-electron chi connectivity index (χ1n) is 4.37. The molecule has 0 aromatic carbocycles. The Morgan fingerprint density at radius 3 is 2.08 bits per heavy atom. The summed E-state index contributed by atoms with van der Waals surface area (Å²) < 4.78 is 0. The van der Waals surface area contributed by atoms with Gasteiger partial charge < -0.3 is 10.6 Å². The lowest BCUT2D eigenvalue weighted by molar-refractivity contribution is -0.118. The molecule has 76 valence electrons. The van der Waals surface area contributed by atoms with E-state index >= 15 is 0 Å². The number of carbonyl (C=O) groups excluding carboxylic acids is 2. The van der Waals surface area contributed by atoms with Gasteiger partial charge in [-0.15, -0.1) is 0 Å². The fourth-order valence-corrected chi connectivity index (χ4v) is 1.00. The first-order chi connectivity index (χ1) is 5.81. The quantitative estimate of drug-likeness (QED) is 0.715. The van der Waals surface area contributed by atoms with E-state index in [0.717, 1.165) is 6.42 Å². The van der Waals surface area contributed by atoms with E-state index in [1.165, 1.54) is 11.8 Å². The van der Waals surface area contributed by atoms with E-state index in [1.807, 2.05) is 20.8 Å². The van der Waals surface area contributed by atoms with Crippen molar-refractivity contribution in [2.75, 3.05) is 6.54 Å². The molecular weight excluding hydrogens is 168 g/mol. The summed E-state index contributed by atoms with van der Waals surface area (Å²) >= 11 is 0. The summed E-state index contributed by atoms with van der Waals surface area (Å²) in [5.41, 5.74) is 4.83. The van der Waals surface area contributed by atoms with Crippen LogP contribution in [0, 0.1) is 0 Å². The molecule has 0 aliphatic rings. The van der Waals surface area contributed by atoms with Gasteiger partial charge in [0, 0.05) is 5.54 Å². The fourth-order valence-electron chi connectivity index (χ4n) is 1.00. The minimum absolute atomic E-state index is 0.0553. The number of nitrogens with two attached hydrogens (primary N) is 1. The summed E-state index contributed by atoms with van der Waals surface area (Å²) in [6, 6.07) is -0.540. The Hall–Kier alpha value is -1.06. The second-order valence-corrected chi connectivity index (χ2v) is 3.79. The molecule has 0 saturated carbocycles. The van der Waals surface area contributed by atoms with Crippen LogP contribution in [0.3, 0.4) is 0 Å². The molecule has 4 heteroatoms. The van der Waals surface area contributed by atoms with Gasteiger partial charge in [-0.25, -0.2) is 4.79 Å². The molecule has 0 rings (SSSR count). The van der Waals surface area contributed by atoms with Crippen molar-refractivity contribution in [2.45, 2.75) is 39.7 Å². The predicted molar refractivity (Wildman–Crippen MR) is 51.3 cm³/mol. The van der Waals surface area contributed by atoms with Crippen LogP contribution in [0.2, 0.25) is 0 Å². The summed E-state index contributed by atoms with van der Waals surface area (Å²) in [5.74, 6) is -0.0553. The second-order valence-electron chi connectivity index (χ2n) is 3.79. The van der Waals surface area contributed by atoms with Gasteiger partial charge in [0.1, 0.15) is 5.78 Å². The standard InChI is InChI=1S/C9H18N2O2/c1-5-9(3,4)11(8(10)13)6-7(2)12/h5-6H2,1-4H3,(H2,10,13). The third-order valence-corrected chi connectivity index (χ3v) is 2.24. The summed E-state index contributed by atoms with van der Waals surface area (Å²) in [5, 5.41) is 0. The van der Waals surface area contributed by atoms with Crippen molar-refractivity contribution in [3.63, 3.8) is 0 Å². The average Bonchev–Trinajstić information content (AvgIpc) is 1.99. The van der Waals surface area contributed by atoms with Gasteiger partial charge in [0.15, 0.2) is 0 Å². The van der Waals surface area contributed by atoms with Crippen LogP contribution in [0.1, 0.15) is 34.1 Å². The van der Waals surface area contributed by atoms with E-state index in [2.05, 4.69) is 0 Å². The maximum Gasteiger partial charge on any atom is 0.315 e. The van der Waals surface area contributed by atoms with E-state index in [0.29, 0.717) is 0 Å². The number of hydrogen-bond acceptors (Lipinski definition) is 2. The summed E-state index contributed by atoms with van der Waals surface area (Å²) in [7, 11) is 0. The van der Waals surface area contributed by atoms with Crippen LogP contribution in [-0.4, -0.2) is 28.8 Å². The smallest absolute Gasteiger partial charge is 0.315 e. The van der Waals surface area contributed by atoms with Crippen LogP contribution in [-0.2, 0) is 4.79 Å². The Kier molecular flexibility index (Phi) is 3.91. The number of urea groups is 1. The van der Waals surface area contributed by atoms with Crippen molar-refractivity contribution in [1.29, 1.82) is 0 Å². The number of nitrogens with zero attached hydrogens (tertiary/aromatic N) is 1. The van der Waals surface area contributed by atoms with Gasteiger partial charge in [-0.2, -0.15) is 0 Å². The summed E-state index contributed by atoms with van der Waals surface area (Å²) in [6.45, 7) is 7.27. The third kappa shape index (κ3) is 3.44. The molecule has 0 unspecified atom stereocenters. The first kappa shape index (κ1) is 11.9. The third-order valence-electron chi connectivity index (χ3n) is 2.24. The van der Waals surface area contributed by atoms with Gasteiger partial charge in [0.25, 0.3) is 0 Å². The summed E-state index contributed by atoms with van der Waals surface area (Å²) in [6.07, 6.45) is 0.767. The van der Waals surface area contributed by atoms with E-state index in [9.17, 15) is 9.59 Å². The zero-order valence-corrected chi connectivity index (χ0v) is 8.76. The maximum absolute atomic E-state index is 11.0. The van der Waals surface area contributed by atoms with Crippen LogP contribution in [0.5, 0.6) is 0 Å². The molecule has 13 heavy (non-hydrogen) atoms. The Morgan fingerprint density at radius 2 is 1.85 bits per heavy atom. The largest absolute Gasteiger partial charge is 0.351 e. The van der Waals surface area contributed by atoms with Crippen molar-refractivity contribution in [3.8, 4) is 0 Å². The number of ketones is 1. The van der Waals surface area contributed by atoms with Crippen molar-refractivity contribution >= 4 is 11.8 Å². The molecule has 0 aromatic rings. The van der Waals surface area contributed by atoms with Crippen molar-refractivity contribution in [2.24, 2.45) is 5.73 Å². The van der Waals surface area contributed by atoms with Crippen molar-refractivity contribution in [1.82, 2.24) is 4.90 Å². The summed E-state index contributed by atoms with van der Waals surface area (Å²) in [4.78, 5) is 23.3. The zero-order chi connectivity index (χ0) is 10.6. The highest BCUT2D eigenvalue weighted by Gasteiger charge is 2.28. The lowest BCUT2D eigenvalue weighted by Crippen LogP contribution is -2.51. The van der Waals surface area contributed by atoms with Crippen LogP contribution < -0.4 is 5.73 Å². The number of Topliss-reactive ketones (excluding diaryl/α,β-unsaturated/α-hetero) is 1. The molecule has 0 spiro atoms. The Morgan fingerprint density at radius 1 is 1.38 bits per heavy atom. The SMILES string of the molecule is CCC(C)(C)N(CC(C)=O)C(N)=O. The number of amides is 2. The van der Waals surface area contributed by atoms with Crippen LogP contribution in [0.15, 0.2) is 0 Å². The number of primary amides is 1. The molecule has 0 fully saturated rings. The highest BCUT2D eigenvalue weighted by Crippen LogP contribution is 2.17. The predicted octanol–water partition coefficient (Wildman–Crippen LogP) is 1.14. The minimum atomic E-state index is -0.540. The van der Waals surface area contributed by atoms with Gasteiger partial charge >= 0.3 is 6.03 Å². The van der Waals surface area contributed by atoms with Crippen molar-refractivity contribution in [3.05, 3.63) is 0 Å². The topological polar surface area (TPSA) is 63.4 Å². The molecule has 4 nitrogen and oxygen atoms in total. The molecule has 0 aliphatic carbocycles. The van der Waals surface area contributed by atoms with Gasteiger partial charge in [-0.3, -0.25) is 4.79 Å². The van der Waals surface area contributed by atoms with Crippen LogP contribution in [0.4, 0.5) is 4.79 Å². The Balaban J connectivity index is 4.60. The molecule has 0 aromatic heterocycles. The highest BCUT2D eigenvalue weighted by molar-refractivity contribution is 5.83. The lowest BCUT2D eigenvalue weighted by atomic mass is 9.99. The Bertz CT molecular complexity index is 212. The van der Waals surface area contributed by atoms with Crippen LogP contribution in [0.25, 0.3) is 0 Å². The van der Waals surface area contributed by atoms with Gasteiger partial charge in [0.05, 0.1) is 6.54 Å². The molecule has 0 radical (unpaired) electrons. The van der Waals surface area contributed by atoms with Gasteiger partial charge in [0.2, 0.25) is 0 Å². The van der Waals surface area contributed by atoms with E-state index in [4.69, 9.17) is 5.73 Å². The highest BCUT2D eigenvalue weighted by atomic mass is 16.2. The molecule has 0 aliphatic heterocycles. The molecule has 0 heterocycles. The second kappa shape index (κ2) is 4.25. The van der Waals surface area contributed by atoms with E-state index in [1.54, 1.807) is 0 Å². The van der Waals surface area contributed by atoms with Crippen molar-refractivity contribution < 1.29 is 9.59 Å². The number of hydrogen-bond donors (Lipinski definition) is 1. The molecule has 2 N–H and O–H groups in total. The normalized spacial score (nSPS) is 11.1. The average molecular weight is 186 g/mol. The number of carbonyl (C=O) groups is 2. The van der Waals surface area contributed by atoms with Crippen LogP contribution >= 0.6 is 0 Å². The fraction of sp³-hybridized carbons (Fsp3) is 0.778. The maximum atomic E-state index is 11.0. The Labute approximate surface area is 79.1 Å². The molecule has 0 bridgehead atoms. The molecular formula is C9H18N2O2. The molecule has 2 amide bonds. The molecule has 0 saturated heterocycles. The first-order valence-corrected chi connectivity index (χ1v) is 4.37. The minimum Gasteiger partial charge on any atom is -0.351 e. The zero-order valence-electron chi connectivity index (χ0n) is 8.76. The monoisotopic (exact) mass is 186 g/mol. The molecule has 0 atom stereocenters. The van der Waals surface area contributed by atoms with Gasteiger partial charge in [-0.1, -0.05) is 6.92 Å². The van der Waals surface area contributed by atoms with E-state index in [-0.39, 0.29) is 17.9 Å². The number of rotatable bonds is 4. The van der Waals surface area contributed by atoms with E-state index < -0.39 is 6.03 Å². The van der Waals surface area contributed by atoms with Gasteiger partial charge in [-0.05, 0) is 27.2 Å².